The van der Waals surface area contributed by atoms with Crippen LogP contribution in [0, 0.1) is 0 Å². The normalized spacial score (nSPS) is 34.8. The molecule has 3 heteroatoms. The van der Waals surface area contributed by atoms with Crippen molar-refractivity contribution in [1.82, 2.24) is 9.80 Å². The van der Waals surface area contributed by atoms with Crippen molar-refractivity contribution in [3.63, 3.8) is 0 Å². The van der Waals surface area contributed by atoms with E-state index >= 15 is 0 Å². The molecular formula is C10H18N2O. The fourth-order valence-corrected chi connectivity index (χ4v) is 2.71. The van der Waals surface area contributed by atoms with E-state index in [2.05, 4.69) is 11.9 Å². The molecule has 2 aliphatic rings. The van der Waals surface area contributed by atoms with Crippen LogP contribution >= 0.6 is 0 Å². The second-order valence-corrected chi connectivity index (χ2v) is 4.44. The highest BCUT2D eigenvalue weighted by Gasteiger charge is 2.44. The van der Waals surface area contributed by atoms with E-state index < -0.39 is 0 Å². The molecule has 2 saturated heterocycles. The minimum Gasteiger partial charge on any atom is -0.341 e. The summed E-state index contributed by atoms with van der Waals surface area (Å²) in [6.07, 6.45) is 3.73. The van der Waals surface area contributed by atoms with Gasteiger partial charge in [0, 0.05) is 25.6 Å². The number of likely N-dealkylation sites (N-methyl/N-ethyl adjacent to an activating group) is 1. The molecule has 0 bridgehead atoms. The quantitative estimate of drug-likeness (QED) is 0.550. The number of likely N-dealkylation sites (tertiary alicyclic amines) is 2. The van der Waals surface area contributed by atoms with Gasteiger partial charge in [-0.3, -0.25) is 9.69 Å². The number of hydrogen-bond acceptors (Lipinski definition) is 2. The molecule has 0 aromatic carbocycles. The molecule has 1 spiro atoms. The molecule has 3 nitrogen and oxygen atoms in total. The summed E-state index contributed by atoms with van der Waals surface area (Å²) in [6.45, 7) is 4.79. The van der Waals surface area contributed by atoms with Gasteiger partial charge < -0.3 is 4.90 Å². The van der Waals surface area contributed by atoms with Crippen molar-refractivity contribution in [2.45, 2.75) is 31.7 Å². The van der Waals surface area contributed by atoms with Crippen molar-refractivity contribution < 1.29 is 4.79 Å². The first-order valence-corrected chi connectivity index (χ1v) is 5.11. The van der Waals surface area contributed by atoms with Gasteiger partial charge >= 0.3 is 0 Å². The van der Waals surface area contributed by atoms with Crippen LogP contribution in [-0.2, 0) is 4.79 Å². The van der Waals surface area contributed by atoms with Crippen LogP contribution in [0.25, 0.3) is 0 Å². The first-order valence-electron chi connectivity index (χ1n) is 5.11. The van der Waals surface area contributed by atoms with Crippen LogP contribution in [0.2, 0.25) is 0 Å². The van der Waals surface area contributed by atoms with Crippen molar-refractivity contribution in [3.05, 3.63) is 0 Å². The number of nitrogens with zero attached hydrogens (tertiary/aromatic N) is 2. The van der Waals surface area contributed by atoms with Crippen molar-refractivity contribution in [2.24, 2.45) is 0 Å². The Morgan fingerprint density at radius 1 is 1.31 bits per heavy atom. The van der Waals surface area contributed by atoms with Crippen LogP contribution < -0.4 is 0 Å². The fourth-order valence-electron chi connectivity index (χ4n) is 2.71. The Morgan fingerprint density at radius 3 is 2.54 bits per heavy atom. The largest absolute Gasteiger partial charge is 0.341 e. The molecule has 2 heterocycles. The molecule has 2 fully saturated rings. The Hall–Kier alpha value is -0.570. The summed E-state index contributed by atoms with van der Waals surface area (Å²) in [7, 11) is 2.19. The van der Waals surface area contributed by atoms with Gasteiger partial charge in [0.2, 0.25) is 5.91 Å². The second kappa shape index (κ2) is 2.98. The average molecular weight is 182 g/mol. The maximum absolute atomic E-state index is 11.2. The smallest absolute Gasteiger partial charge is 0.219 e. The number of hydrogen-bond donors (Lipinski definition) is 0. The Bertz CT molecular complexity index is 229. The molecule has 0 radical (unpaired) electrons. The van der Waals surface area contributed by atoms with E-state index in [-0.39, 0.29) is 5.91 Å². The summed E-state index contributed by atoms with van der Waals surface area (Å²) in [4.78, 5) is 15.6. The lowest BCUT2D eigenvalue weighted by Crippen LogP contribution is -2.44. The molecule has 13 heavy (non-hydrogen) atoms. The van der Waals surface area contributed by atoms with Gasteiger partial charge in [0.1, 0.15) is 0 Å². The van der Waals surface area contributed by atoms with Crippen LogP contribution in [0.15, 0.2) is 0 Å². The SMILES string of the molecule is CC(=O)N1CCC2(CCCN2C)C1. The van der Waals surface area contributed by atoms with Gasteiger partial charge in [-0.25, -0.2) is 0 Å². The number of amides is 1. The second-order valence-electron chi connectivity index (χ2n) is 4.44. The van der Waals surface area contributed by atoms with Crippen LogP contribution in [0.4, 0.5) is 0 Å². The van der Waals surface area contributed by atoms with Gasteiger partial charge in [0.25, 0.3) is 0 Å². The van der Waals surface area contributed by atoms with Crippen LogP contribution in [-0.4, -0.2) is 47.9 Å². The summed E-state index contributed by atoms with van der Waals surface area (Å²) in [6, 6.07) is 0. The van der Waals surface area contributed by atoms with Gasteiger partial charge in [0.15, 0.2) is 0 Å². The zero-order valence-corrected chi connectivity index (χ0v) is 8.55. The lowest BCUT2D eigenvalue weighted by atomic mass is 9.96. The number of carbonyl (C=O) groups excluding carboxylic acids is 1. The van der Waals surface area contributed by atoms with Gasteiger partial charge in [-0.2, -0.15) is 0 Å². The molecule has 2 aliphatic heterocycles. The third-order valence-electron chi connectivity index (χ3n) is 3.72. The fraction of sp³-hybridized carbons (Fsp3) is 0.900. The van der Waals surface area contributed by atoms with Gasteiger partial charge in [-0.1, -0.05) is 0 Å². The van der Waals surface area contributed by atoms with Crippen molar-refractivity contribution in [2.75, 3.05) is 26.7 Å². The Balaban J connectivity index is 2.07. The summed E-state index contributed by atoms with van der Waals surface area (Å²) in [5.41, 5.74) is 0.339. The molecule has 1 unspecified atom stereocenters. The Labute approximate surface area is 79.7 Å². The molecule has 0 aliphatic carbocycles. The summed E-state index contributed by atoms with van der Waals surface area (Å²) >= 11 is 0. The monoisotopic (exact) mass is 182 g/mol. The van der Waals surface area contributed by atoms with E-state index in [4.69, 9.17) is 0 Å². The topological polar surface area (TPSA) is 23.6 Å². The van der Waals surface area contributed by atoms with E-state index in [1.165, 1.54) is 25.8 Å². The third kappa shape index (κ3) is 1.35. The Kier molecular flexibility index (Phi) is 2.06. The molecule has 0 aromatic heterocycles. The summed E-state index contributed by atoms with van der Waals surface area (Å²) in [5.74, 6) is 0.233. The standard InChI is InChI=1S/C10H18N2O/c1-9(13)12-7-5-10(8-12)4-3-6-11(10)2/h3-8H2,1-2H3. The molecule has 0 saturated carbocycles. The highest BCUT2D eigenvalue weighted by Crippen LogP contribution is 2.36. The third-order valence-corrected chi connectivity index (χ3v) is 3.72. The molecule has 1 atom stereocenters. The minimum absolute atomic E-state index is 0.233. The number of rotatable bonds is 0. The maximum Gasteiger partial charge on any atom is 0.219 e. The van der Waals surface area contributed by atoms with E-state index in [0.29, 0.717) is 5.54 Å². The van der Waals surface area contributed by atoms with Gasteiger partial charge in [0.05, 0.1) is 0 Å². The van der Waals surface area contributed by atoms with Crippen molar-refractivity contribution in [1.29, 1.82) is 0 Å². The molecule has 74 valence electrons. The predicted molar refractivity (Wildman–Crippen MR) is 51.5 cm³/mol. The highest BCUT2D eigenvalue weighted by atomic mass is 16.2. The van der Waals surface area contributed by atoms with Crippen molar-refractivity contribution in [3.8, 4) is 0 Å². The van der Waals surface area contributed by atoms with E-state index in [1.54, 1.807) is 6.92 Å². The predicted octanol–water partition coefficient (Wildman–Crippen LogP) is 0.703. The van der Waals surface area contributed by atoms with E-state index in [1.807, 2.05) is 4.90 Å². The molecule has 1 amide bonds. The van der Waals surface area contributed by atoms with Crippen molar-refractivity contribution >= 4 is 5.91 Å². The molecule has 0 N–H and O–H groups in total. The molecule has 0 aromatic rings. The van der Waals surface area contributed by atoms with Gasteiger partial charge in [-0.05, 0) is 32.9 Å². The van der Waals surface area contributed by atoms with Crippen LogP contribution in [0.5, 0.6) is 0 Å². The molecular weight excluding hydrogens is 164 g/mol. The lowest BCUT2D eigenvalue weighted by molar-refractivity contribution is -0.128. The zero-order valence-electron chi connectivity index (χ0n) is 8.55. The first-order chi connectivity index (χ1) is 6.14. The lowest BCUT2D eigenvalue weighted by Gasteiger charge is -2.31. The highest BCUT2D eigenvalue weighted by molar-refractivity contribution is 5.73. The summed E-state index contributed by atoms with van der Waals surface area (Å²) in [5, 5.41) is 0. The van der Waals surface area contributed by atoms with E-state index in [9.17, 15) is 4.79 Å². The zero-order chi connectivity index (χ0) is 9.47. The summed E-state index contributed by atoms with van der Waals surface area (Å²) < 4.78 is 0. The van der Waals surface area contributed by atoms with Crippen LogP contribution in [0.1, 0.15) is 26.2 Å². The average Bonchev–Trinajstić information content (AvgIpc) is 2.63. The number of carbonyl (C=O) groups is 1. The maximum atomic E-state index is 11.2. The molecule has 2 rings (SSSR count). The van der Waals surface area contributed by atoms with Crippen LogP contribution in [0.3, 0.4) is 0 Å². The van der Waals surface area contributed by atoms with E-state index in [0.717, 1.165) is 13.1 Å². The first kappa shape index (κ1) is 9.00. The van der Waals surface area contributed by atoms with Gasteiger partial charge in [-0.15, -0.1) is 0 Å². The Morgan fingerprint density at radius 2 is 2.08 bits per heavy atom. The minimum atomic E-state index is 0.233.